The van der Waals surface area contributed by atoms with E-state index in [1.165, 1.54) is 12.1 Å². The maximum absolute atomic E-state index is 13.5. The zero-order chi connectivity index (χ0) is 14.4. The molecule has 0 bridgehead atoms. The molecule has 0 radical (unpaired) electrons. The van der Waals surface area contributed by atoms with E-state index >= 15 is 0 Å². The summed E-state index contributed by atoms with van der Waals surface area (Å²) < 4.78 is 19.1. The van der Waals surface area contributed by atoms with Gasteiger partial charge in [0.25, 0.3) is 5.91 Å². The SMILES string of the molecule is CC[C@@H](Oc1ccccc1)C(=O)Nc1ccccc1F. The van der Waals surface area contributed by atoms with Gasteiger partial charge in [-0.1, -0.05) is 37.3 Å². The summed E-state index contributed by atoms with van der Waals surface area (Å²) in [5.74, 6) is -0.208. The fraction of sp³-hybridized carbons (Fsp3) is 0.188. The molecule has 2 aromatic carbocycles. The molecule has 104 valence electrons. The van der Waals surface area contributed by atoms with Crippen molar-refractivity contribution in [3.63, 3.8) is 0 Å². The molecule has 1 atom stereocenters. The highest BCUT2D eigenvalue weighted by molar-refractivity contribution is 5.94. The second-order valence-corrected chi connectivity index (χ2v) is 4.30. The maximum Gasteiger partial charge on any atom is 0.265 e. The fourth-order valence-electron chi connectivity index (χ4n) is 1.76. The van der Waals surface area contributed by atoms with Gasteiger partial charge in [0, 0.05) is 0 Å². The first kappa shape index (κ1) is 14.1. The lowest BCUT2D eigenvalue weighted by Crippen LogP contribution is -2.32. The van der Waals surface area contributed by atoms with E-state index in [1.54, 1.807) is 24.3 Å². The quantitative estimate of drug-likeness (QED) is 0.903. The first-order valence-electron chi connectivity index (χ1n) is 6.47. The summed E-state index contributed by atoms with van der Waals surface area (Å²) in [6.07, 6.45) is -0.160. The Hall–Kier alpha value is -2.36. The van der Waals surface area contributed by atoms with Gasteiger partial charge >= 0.3 is 0 Å². The second-order valence-electron chi connectivity index (χ2n) is 4.30. The smallest absolute Gasteiger partial charge is 0.265 e. The van der Waals surface area contributed by atoms with E-state index in [9.17, 15) is 9.18 Å². The van der Waals surface area contributed by atoms with E-state index in [4.69, 9.17) is 4.74 Å². The van der Waals surface area contributed by atoms with E-state index in [-0.39, 0.29) is 11.6 Å². The molecule has 20 heavy (non-hydrogen) atoms. The van der Waals surface area contributed by atoms with Crippen LogP contribution in [0.25, 0.3) is 0 Å². The molecule has 0 aliphatic heterocycles. The van der Waals surface area contributed by atoms with Gasteiger partial charge in [0.05, 0.1) is 5.69 Å². The van der Waals surface area contributed by atoms with E-state index < -0.39 is 11.9 Å². The summed E-state index contributed by atoms with van der Waals surface area (Å²) >= 11 is 0. The summed E-state index contributed by atoms with van der Waals surface area (Å²) in [4.78, 5) is 12.1. The third-order valence-corrected chi connectivity index (χ3v) is 2.82. The van der Waals surface area contributed by atoms with Crippen LogP contribution < -0.4 is 10.1 Å². The van der Waals surface area contributed by atoms with Gasteiger partial charge in [-0.25, -0.2) is 4.39 Å². The molecule has 0 unspecified atom stereocenters. The lowest BCUT2D eigenvalue weighted by Gasteiger charge is -2.17. The first-order chi connectivity index (χ1) is 9.70. The van der Waals surface area contributed by atoms with Crippen LogP contribution in [-0.2, 0) is 4.79 Å². The van der Waals surface area contributed by atoms with Crippen molar-refractivity contribution in [1.29, 1.82) is 0 Å². The minimum absolute atomic E-state index is 0.160. The number of carbonyl (C=O) groups excluding carboxylic acids is 1. The van der Waals surface area contributed by atoms with Crippen molar-refractivity contribution in [3.8, 4) is 5.75 Å². The highest BCUT2D eigenvalue weighted by Gasteiger charge is 2.19. The van der Waals surface area contributed by atoms with Gasteiger partial charge in [0.1, 0.15) is 11.6 Å². The van der Waals surface area contributed by atoms with E-state index in [1.807, 2.05) is 25.1 Å². The van der Waals surface area contributed by atoms with Crippen LogP contribution >= 0.6 is 0 Å². The van der Waals surface area contributed by atoms with Crippen LogP contribution in [-0.4, -0.2) is 12.0 Å². The molecule has 1 amide bonds. The van der Waals surface area contributed by atoms with Gasteiger partial charge in [0.2, 0.25) is 0 Å². The first-order valence-corrected chi connectivity index (χ1v) is 6.47. The van der Waals surface area contributed by atoms with Gasteiger partial charge < -0.3 is 10.1 Å². The summed E-state index contributed by atoms with van der Waals surface area (Å²) in [5, 5.41) is 2.54. The summed E-state index contributed by atoms with van der Waals surface area (Å²) in [6.45, 7) is 1.84. The highest BCUT2D eigenvalue weighted by Crippen LogP contribution is 2.16. The number of halogens is 1. The molecule has 0 spiro atoms. The molecule has 1 N–H and O–H groups in total. The average molecular weight is 273 g/mol. The topological polar surface area (TPSA) is 38.3 Å². The molecule has 2 aromatic rings. The molecule has 0 aromatic heterocycles. The predicted molar refractivity (Wildman–Crippen MR) is 76.2 cm³/mol. The third kappa shape index (κ3) is 3.57. The Morgan fingerprint density at radius 3 is 2.45 bits per heavy atom. The van der Waals surface area contributed by atoms with Crippen LogP contribution in [0.4, 0.5) is 10.1 Å². The summed E-state index contributed by atoms with van der Waals surface area (Å²) in [7, 11) is 0. The number of para-hydroxylation sites is 2. The Morgan fingerprint density at radius 1 is 1.15 bits per heavy atom. The zero-order valence-corrected chi connectivity index (χ0v) is 11.2. The van der Waals surface area contributed by atoms with Crippen LogP contribution in [0.2, 0.25) is 0 Å². The number of hydrogen-bond donors (Lipinski definition) is 1. The maximum atomic E-state index is 13.5. The molecule has 0 fully saturated rings. The molecule has 0 heterocycles. The number of benzene rings is 2. The number of carbonyl (C=O) groups is 1. The lowest BCUT2D eigenvalue weighted by atomic mass is 10.2. The normalized spacial score (nSPS) is 11.7. The van der Waals surface area contributed by atoms with E-state index in [0.717, 1.165) is 0 Å². The van der Waals surface area contributed by atoms with Crippen molar-refractivity contribution in [3.05, 3.63) is 60.4 Å². The number of nitrogens with one attached hydrogen (secondary N) is 1. The summed E-state index contributed by atoms with van der Waals surface area (Å²) in [6, 6.07) is 15.1. The van der Waals surface area contributed by atoms with Crippen LogP contribution in [0.1, 0.15) is 13.3 Å². The molecule has 0 aliphatic rings. The van der Waals surface area contributed by atoms with Crippen LogP contribution in [0, 0.1) is 5.82 Å². The second kappa shape index (κ2) is 6.70. The number of hydrogen-bond acceptors (Lipinski definition) is 2. The Balaban J connectivity index is 2.04. The Labute approximate surface area is 117 Å². The minimum atomic E-state index is -0.656. The van der Waals surface area contributed by atoms with Crippen molar-refractivity contribution in [2.45, 2.75) is 19.4 Å². The number of anilines is 1. The lowest BCUT2D eigenvalue weighted by molar-refractivity contribution is -0.122. The zero-order valence-electron chi connectivity index (χ0n) is 11.2. The van der Waals surface area contributed by atoms with E-state index in [0.29, 0.717) is 12.2 Å². The van der Waals surface area contributed by atoms with Crippen molar-refractivity contribution in [1.82, 2.24) is 0 Å². The number of ether oxygens (including phenoxy) is 1. The predicted octanol–water partition coefficient (Wildman–Crippen LogP) is 3.62. The molecular weight excluding hydrogens is 257 g/mol. The molecule has 0 saturated heterocycles. The van der Waals surface area contributed by atoms with Gasteiger partial charge in [-0.05, 0) is 30.7 Å². The van der Waals surface area contributed by atoms with Gasteiger partial charge in [-0.2, -0.15) is 0 Å². The Kier molecular flexibility index (Phi) is 4.71. The van der Waals surface area contributed by atoms with Gasteiger partial charge in [-0.15, -0.1) is 0 Å². The monoisotopic (exact) mass is 273 g/mol. The minimum Gasteiger partial charge on any atom is -0.481 e. The molecule has 3 nitrogen and oxygen atoms in total. The highest BCUT2D eigenvalue weighted by atomic mass is 19.1. The Morgan fingerprint density at radius 2 is 1.80 bits per heavy atom. The van der Waals surface area contributed by atoms with Crippen LogP contribution in [0.3, 0.4) is 0 Å². The summed E-state index contributed by atoms with van der Waals surface area (Å²) in [5.41, 5.74) is 0.160. The van der Waals surface area contributed by atoms with Crippen molar-refractivity contribution >= 4 is 11.6 Å². The molecule has 4 heteroatoms. The number of rotatable bonds is 5. The molecular formula is C16H16FNO2. The fourth-order valence-corrected chi connectivity index (χ4v) is 1.76. The Bertz CT molecular complexity index is 572. The van der Waals surface area contributed by atoms with Crippen molar-refractivity contribution < 1.29 is 13.9 Å². The molecule has 2 rings (SSSR count). The van der Waals surface area contributed by atoms with Crippen molar-refractivity contribution in [2.24, 2.45) is 0 Å². The van der Waals surface area contributed by atoms with Crippen LogP contribution in [0.5, 0.6) is 5.75 Å². The molecule has 0 aliphatic carbocycles. The van der Waals surface area contributed by atoms with Crippen molar-refractivity contribution in [2.75, 3.05) is 5.32 Å². The largest absolute Gasteiger partial charge is 0.481 e. The van der Waals surface area contributed by atoms with Crippen LogP contribution in [0.15, 0.2) is 54.6 Å². The van der Waals surface area contributed by atoms with E-state index in [2.05, 4.69) is 5.32 Å². The average Bonchev–Trinajstić information content (AvgIpc) is 2.48. The van der Waals surface area contributed by atoms with Gasteiger partial charge in [-0.3, -0.25) is 4.79 Å². The standard InChI is InChI=1S/C16H16FNO2/c1-2-15(20-12-8-4-3-5-9-12)16(19)18-14-11-7-6-10-13(14)17/h3-11,15H,2H2,1H3,(H,18,19)/t15-/m1/s1. The number of amides is 1. The third-order valence-electron chi connectivity index (χ3n) is 2.82. The molecule has 0 saturated carbocycles. The van der Waals surface area contributed by atoms with Gasteiger partial charge in [0.15, 0.2) is 6.10 Å².